The van der Waals surface area contributed by atoms with E-state index in [1.807, 2.05) is 24.3 Å². The van der Waals surface area contributed by atoms with E-state index in [4.69, 9.17) is 32.7 Å². The van der Waals surface area contributed by atoms with Crippen molar-refractivity contribution in [2.24, 2.45) is 0 Å². The van der Waals surface area contributed by atoms with Crippen LogP contribution in [-0.4, -0.2) is 7.11 Å². The standard InChI is InChI=1S/C22H20Cl2FNO2/c1-27-21-9-17(13-26-12-15-5-3-2-4-6-15)20(24)11-22(21)28-14-16-7-8-18(25)10-19(16)23/h2-11,26H,12-14H2,1H3. The number of rotatable bonds is 8. The predicted octanol–water partition coefficient (Wildman–Crippen LogP) is 6.01. The third-order valence-corrected chi connectivity index (χ3v) is 4.92. The number of ether oxygens (including phenoxy) is 2. The van der Waals surface area contributed by atoms with E-state index in [2.05, 4.69) is 17.4 Å². The van der Waals surface area contributed by atoms with Crippen molar-refractivity contribution in [1.82, 2.24) is 5.32 Å². The fourth-order valence-corrected chi connectivity index (χ4v) is 3.16. The lowest BCUT2D eigenvalue weighted by Crippen LogP contribution is -2.13. The van der Waals surface area contributed by atoms with Gasteiger partial charge in [-0.05, 0) is 29.3 Å². The Kier molecular flexibility index (Phi) is 7.15. The molecule has 3 rings (SSSR count). The number of methoxy groups -OCH3 is 1. The molecule has 0 saturated heterocycles. The predicted molar refractivity (Wildman–Crippen MR) is 111 cm³/mol. The topological polar surface area (TPSA) is 30.5 Å². The molecule has 0 unspecified atom stereocenters. The van der Waals surface area contributed by atoms with Crippen molar-refractivity contribution in [2.45, 2.75) is 19.7 Å². The van der Waals surface area contributed by atoms with Gasteiger partial charge in [-0.1, -0.05) is 59.6 Å². The molecule has 0 amide bonds. The van der Waals surface area contributed by atoms with Crippen LogP contribution in [0.25, 0.3) is 0 Å². The Hall–Kier alpha value is -2.27. The summed E-state index contributed by atoms with van der Waals surface area (Å²) in [6.45, 7) is 1.51. The van der Waals surface area contributed by atoms with Crippen LogP contribution in [0.1, 0.15) is 16.7 Å². The van der Waals surface area contributed by atoms with Gasteiger partial charge in [-0.25, -0.2) is 4.39 Å². The first kappa shape index (κ1) is 20.5. The lowest BCUT2D eigenvalue weighted by atomic mass is 10.1. The van der Waals surface area contributed by atoms with Crippen molar-refractivity contribution in [1.29, 1.82) is 0 Å². The molecule has 3 nitrogen and oxygen atoms in total. The van der Waals surface area contributed by atoms with Crippen molar-refractivity contribution in [3.05, 3.63) is 93.2 Å². The van der Waals surface area contributed by atoms with Crippen LogP contribution in [0.2, 0.25) is 10.0 Å². The zero-order valence-corrected chi connectivity index (χ0v) is 16.9. The van der Waals surface area contributed by atoms with Gasteiger partial charge in [0.05, 0.1) is 12.1 Å². The maximum Gasteiger partial charge on any atom is 0.163 e. The summed E-state index contributed by atoms with van der Waals surface area (Å²) in [5.41, 5.74) is 2.78. The molecular formula is C22H20Cl2FNO2. The van der Waals surface area contributed by atoms with Crippen LogP contribution in [0.4, 0.5) is 4.39 Å². The van der Waals surface area contributed by atoms with Crippen LogP contribution >= 0.6 is 23.2 Å². The lowest BCUT2D eigenvalue weighted by Gasteiger charge is -2.15. The monoisotopic (exact) mass is 419 g/mol. The highest BCUT2D eigenvalue weighted by molar-refractivity contribution is 6.31. The van der Waals surface area contributed by atoms with Crippen molar-refractivity contribution in [2.75, 3.05) is 7.11 Å². The highest BCUT2D eigenvalue weighted by atomic mass is 35.5. The molecule has 146 valence electrons. The minimum atomic E-state index is -0.387. The SMILES string of the molecule is COc1cc(CNCc2ccccc2)c(Cl)cc1OCc1ccc(F)cc1Cl. The molecule has 28 heavy (non-hydrogen) atoms. The highest BCUT2D eigenvalue weighted by Crippen LogP contribution is 2.34. The van der Waals surface area contributed by atoms with E-state index in [0.717, 1.165) is 12.1 Å². The molecular weight excluding hydrogens is 400 g/mol. The van der Waals surface area contributed by atoms with E-state index in [0.29, 0.717) is 33.7 Å². The third kappa shape index (κ3) is 5.38. The molecule has 0 bridgehead atoms. The number of nitrogens with one attached hydrogen (secondary N) is 1. The Morgan fingerprint density at radius 3 is 2.32 bits per heavy atom. The average Bonchev–Trinajstić information content (AvgIpc) is 2.69. The van der Waals surface area contributed by atoms with E-state index in [1.54, 1.807) is 19.2 Å². The molecule has 0 atom stereocenters. The first-order valence-corrected chi connectivity index (χ1v) is 9.50. The van der Waals surface area contributed by atoms with Crippen molar-refractivity contribution < 1.29 is 13.9 Å². The number of halogens is 3. The van der Waals surface area contributed by atoms with Gasteiger partial charge in [-0.15, -0.1) is 0 Å². The van der Waals surface area contributed by atoms with Gasteiger partial charge in [0.25, 0.3) is 0 Å². The number of hydrogen-bond acceptors (Lipinski definition) is 3. The van der Waals surface area contributed by atoms with Crippen LogP contribution in [0.3, 0.4) is 0 Å². The fourth-order valence-electron chi connectivity index (χ4n) is 2.72. The van der Waals surface area contributed by atoms with Crippen LogP contribution in [-0.2, 0) is 19.7 Å². The minimum Gasteiger partial charge on any atom is -0.493 e. The molecule has 3 aromatic carbocycles. The summed E-state index contributed by atoms with van der Waals surface area (Å²) >= 11 is 12.5. The number of hydrogen-bond donors (Lipinski definition) is 1. The van der Waals surface area contributed by atoms with Gasteiger partial charge in [-0.3, -0.25) is 0 Å². The molecule has 0 aromatic heterocycles. The molecule has 6 heteroatoms. The molecule has 3 aromatic rings. The summed E-state index contributed by atoms with van der Waals surface area (Å²) in [4.78, 5) is 0. The van der Waals surface area contributed by atoms with Crippen LogP contribution in [0.5, 0.6) is 11.5 Å². The Morgan fingerprint density at radius 2 is 1.61 bits per heavy atom. The summed E-state index contributed by atoms with van der Waals surface area (Å²) in [7, 11) is 1.57. The third-order valence-electron chi connectivity index (χ3n) is 4.22. The zero-order valence-electron chi connectivity index (χ0n) is 15.3. The maximum atomic E-state index is 13.2. The minimum absolute atomic E-state index is 0.178. The largest absolute Gasteiger partial charge is 0.493 e. The van der Waals surface area contributed by atoms with Gasteiger partial charge >= 0.3 is 0 Å². The molecule has 0 aliphatic rings. The lowest BCUT2D eigenvalue weighted by molar-refractivity contribution is 0.284. The van der Waals surface area contributed by atoms with Crippen molar-refractivity contribution >= 4 is 23.2 Å². The Morgan fingerprint density at radius 1 is 0.857 bits per heavy atom. The normalized spacial score (nSPS) is 10.7. The summed E-state index contributed by atoms with van der Waals surface area (Å²) in [6, 6.07) is 17.9. The Bertz CT molecular complexity index is 935. The number of benzene rings is 3. The van der Waals surface area contributed by atoms with Gasteiger partial charge in [0, 0.05) is 29.7 Å². The highest BCUT2D eigenvalue weighted by Gasteiger charge is 2.12. The van der Waals surface area contributed by atoms with Crippen molar-refractivity contribution in [3.63, 3.8) is 0 Å². The van der Waals surface area contributed by atoms with Crippen LogP contribution < -0.4 is 14.8 Å². The van der Waals surface area contributed by atoms with E-state index in [1.165, 1.54) is 17.7 Å². The van der Waals surface area contributed by atoms with E-state index < -0.39 is 0 Å². The van der Waals surface area contributed by atoms with Gasteiger partial charge in [-0.2, -0.15) is 0 Å². The summed E-state index contributed by atoms with van der Waals surface area (Å²) in [5, 5.41) is 4.25. The molecule has 1 N–H and O–H groups in total. The van der Waals surface area contributed by atoms with Gasteiger partial charge in [0.2, 0.25) is 0 Å². The molecule has 0 fully saturated rings. The second kappa shape index (κ2) is 9.78. The first-order valence-electron chi connectivity index (χ1n) is 8.74. The van der Waals surface area contributed by atoms with Gasteiger partial charge in [0.15, 0.2) is 11.5 Å². The first-order chi connectivity index (χ1) is 13.6. The van der Waals surface area contributed by atoms with Crippen LogP contribution in [0, 0.1) is 5.82 Å². The second-order valence-corrected chi connectivity index (χ2v) is 7.02. The zero-order chi connectivity index (χ0) is 19.9. The van der Waals surface area contributed by atoms with Gasteiger partial charge < -0.3 is 14.8 Å². The molecule has 0 radical (unpaired) electrons. The average molecular weight is 420 g/mol. The molecule has 0 aliphatic carbocycles. The Balaban J connectivity index is 1.66. The van der Waals surface area contributed by atoms with E-state index in [-0.39, 0.29) is 12.4 Å². The van der Waals surface area contributed by atoms with Crippen LogP contribution in [0.15, 0.2) is 60.7 Å². The van der Waals surface area contributed by atoms with E-state index >= 15 is 0 Å². The van der Waals surface area contributed by atoms with Crippen molar-refractivity contribution in [3.8, 4) is 11.5 Å². The molecule has 0 spiro atoms. The second-order valence-electron chi connectivity index (χ2n) is 6.21. The quantitative estimate of drug-likeness (QED) is 0.484. The summed E-state index contributed by atoms with van der Waals surface area (Å²) in [5.74, 6) is 0.681. The molecule has 0 saturated carbocycles. The fraction of sp³-hybridized carbons (Fsp3) is 0.182. The Labute approximate surface area is 174 Å². The summed E-state index contributed by atoms with van der Waals surface area (Å²) < 4.78 is 24.4. The molecule has 0 heterocycles. The van der Waals surface area contributed by atoms with Gasteiger partial charge in [0.1, 0.15) is 12.4 Å². The summed E-state index contributed by atoms with van der Waals surface area (Å²) in [6.07, 6.45) is 0. The maximum absolute atomic E-state index is 13.2. The van der Waals surface area contributed by atoms with E-state index in [9.17, 15) is 4.39 Å². The smallest absolute Gasteiger partial charge is 0.163 e. The molecule has 0 aliphatic heterocycles.